The van der Waals surface area contributed by atoms with Gasteiger partial charge in [0.1, 0.15) is 0 Å². The Labute approximate surface area is 195 Å². The maximum Gasteiger partial charge on any atom is 0.250 e. The van der Waals surface area contributed by atoms with Gasteiger partial charge in [-0.2, -0.15) is 0 Å². The minimum absolute atomic E-state index is 0.150. The summed E-state index contributed by atoms with van der Waals surface area (Å²) < 4.78 is 0. The Morgan fingerprint density at radius 1 is 0.969 bits per heavy atom. The van der Waals surface area contributed by atoms with Crippen molar-refractivity contribution in [3.63, 3.8) is 0 Å². The number of amides is 3. The van der Waals surface area contributed by atoms with Gasteiger partial charge >= 0.3 is 0 Å². The van der Waals surface area contributed by atoms with E-state index in [1.165, 1.54) is 11.8 Å². The van der Waals surface area contributed by atoms with Crippen molar-refractivity contribution >= 4 is 52.5 Å². The first-order chi connectivity index (χ1) is 15.3. The fraction of sp³-hybridized carbons (Fsp3) is 0.125. The number of nitrogens with two attached hydrogens (primary N) is 1. The van der Waals surface area contributed by atoms with Gasteiger partial charge in [-0.15, -0.1) is 11.8 Å². The zero-order chi connectivity index (χ0) is 23.1. The number of carbonyl (C=O) groups excluding carboxylic acids is 3. The van der Waals surface area contributed by atoms with Gasteiger partial charge in [0.25, 0.3) is 5.91 Å². The summed E-state index contributed by atoms with van der Waals surface area (Å²) in [6, 6.07) is 21.0. The van der Waals surface area contributed by atoms with E-state index in [-0.39, 0.29) is 23.8 Å². The van der Waals surface area contributed by atoms with Crippen LogP contribution in [0, 0.1) is 0 Å². The third kappa shape index (κ3) is 6.60. The van der Waals surface area contributed by atoms with E-state index in [9.17, 15) is 14.4 Å². The highest BCUT2D eigenvalue weighted by Crippen LogP contribution is 2.27. The molecular weight excluding hydrogens is 446 g/mol. The van der Waals surface area contributed by atoms with Crippen LogP contribution in [0.2, 0.25) is 5.02 Å². The van der Waals surface area contributed by atoms with Crippen molar-refractivity contribution in [1.29, 1.82) is 0 Å². The number of anilines is 2. The number of thioether (sulfide) groups is 1. The molecule has 0 aliphatic rings. The van der Waals surface area contributed by atoms with Gasteiger partial charge in [0.2, 0.25) is 11.8 Å². The number of primary amides is 1. The molecule has 3 rings (SSSR count). The molecule has 0 saturated heterocycles. The summed E-state index contributed by atoms with van der Waals surface area (Å²) in [5.74, 6) is -1.02. The molecule has 8 heteroatoms. The second kappa shape index (κ2) is 10.8. The van der Waals surface area contributed by atoms with E-state index < -0.39 is 11.2 Å². The third-order valence-electron chi connectivity index (χ3n) is 4.53. The van der Waals surface area contributed by atoms with Crippen LogP contribution in [0.4, 0.5) is 11.4 Å². The van der Waals surface area contributed by atoms with Crippen LogP contribution in [0.3, 0.4) is 0 Å². The molecule has 0 aliphatic heterocycles. The first kappa shape index (κ1) is 23.4. The summed E-state index contributed by atoms with van der Waals surface area (Å²) in [5.41, 5.74) is 7.49. The molecule has 0 radical (unpaired) electrons. The molecule has 1 unspecified atom stereocenters. The highest BCUT2D eigenvalue weighted by molar-refractivity contribution is 8.00. The predicted octanol–water partition coefficient (Wildman–Crippen LogP) is 4.74. The van der Waals surface area contributed by atoms with Gasteiger partial charge in [-0.1, -0.05) is 41.9 Å². The topological polar surface area (TPSA) is 101 Å². The standard InChI is InChI=1S/C24H22ClN3O3S/c1-15(24(31)28-21-8-3-2-7-20(21)23(26)30)32-19-6-4-5-18(14-19)27-22(29)13-16-9-11-17(25)12-10-16/h2-12,14-15H,13H2,1H3,(H2,26,30)(H,27,29)(H,28,31). The van der Waals surface area contributed by atoms with Crippen LogP contribution in [0.1, 0.15) is 22.8 Å². The average Bonchev–Trinajstić information content (AvgIpc) is 2.75. The van der Waals surface area contributed by atoms with Gasteiger partial charge in [-0.05, 0) is 55.0 Å². The molecule has 0 aromatic heterocycles. The molecule has 1 atom stereocenters. The first-order valence-electron chi connectivity index (χ1n) is 9.82. The van der Waals surface area contributed by atoms with Crippen LogP contribution in [-0.2, 0) is 16.0 Å². The van der Waals surface area contributed by atoms with Crippen LogP contribution in [0.25, 0.3) is 0 Å². The quantitative estimate of drug-likeness (QED) is 0.416. The lowest BCUT2D eigenvalue weighted by Gasteiger charge is -2.14. The van der Waals surface area contributed by atoms with E-state index in [2.05, 4.69) is 10.6 Å². The number of hydrogen-bond acceptors (Lipinski definition) is 4. The smallest absolute Gasteiger partial charge is 0.250 e. The Balaban J connectivity index is 1.60. The van der Waals surface area contributed by atoms with Crippen molar-refractivity contribution in [3.8, 4) is 0 Å². The third-order valence-corrected chi connectivity index (χ3v) is 5.87. The second-order valence-corrected chi connectivity index (χ2v) is 8.89. The number of carbonyl (C=O) groups is 3. The minimum atomic E-state index is -0.608. The fourth-order valence-corrected chi connectivity index (χ4v) is 3.99. The van der Waals surface area contributed by atoms with E-state index in [1.807, 2.05) is 30.3 Å². The number of hydrogen-bond donors (Lipinski definition) is 3. The minimum Gasteiger partial charge on any atom is -0.366 e. The van der Waals surface area contributed by atoms with Crippen LogP contribution in [-0.4, -0.2) is 23.0 Å². The SMILES string of the molecule is CC(Sc1cccc(NC(=O)Cc2ccc(Cl)cc2)c1)C(=O)Nc1ccccc1C(N)=O. The Bertz CT molecular complexity index is 1140. The largest absolute Gasteiger partial charge is 0.366 e. The molecular formula is C24H22ClN3O3S. The van der Waals surface area contributed by atoms with E-state index in [4.69, 9.17) is 17.3 Å². The lowest BCUT2D eigenvalue weighted by atomic mass is 10.1. The summed E-state index contributed by atoms with van der Waals surface area (Å²) in [7, 11) is 0. The van der Waals surface area contributed by atoms with Crippen molar-refractivity contribution < 1.29 is 14.4 Å². The lowest BCUT2D eigenvalue weighted by Crippen LogP contribution is -2.24. The van der Waals surface area contributed by atoms with Crippen molar-refractivity contribution in [2.75, 3.05) is 10.6 Å². The van der Waals surface area contributed by atoms with Gasteiger partial charge < -0.3 is 16.4 Å². The van der Waals surface area contributed by atoms with Gasteiger partial charge in [0.05, 0.1) is 22.9 Å². The second-order valence-electron chi connectivity index (χ2n) is 7.04. The first-order valence-corrected chi connectivity index (χ1v) is 11.1. The normalized spacial score (nSPS) is 11.4. The molecule has 6 nitrogen and oxygen atoms in total. The van der Waals surface area contributed by atoms with E-state index in [0.717, 1.165) is 10.5 Å². The monoisotopic (exact) mass is 467 g/mol. The Hall–Kier alpha value is -3.29. The van der Waals surface area contributed by atoms with Gasteiger partial charge in [-0.25, -0.2) is 0 Å². The van der Waals surface area contributed by atoms with E-state index in [0.29, 0.717) is 16.4 Å². The number of rotatable bonds is 8. The van der Waals surface area contributed by atoms with E-state index in [1.54, 1.807) is 49.4 Å². The molecule has 0 spiro atoms. The Kier molecular flexibility index (Phi) is 7.92. The van der Waals surface area contributed by atoms with Crippen molar-refractivity contribution in [3.05, 3.63) is 88.9 Å². The van der Waals surface area contributed by atoms with Gasteiger partial charge in [0.15, 0.2) is 0 Å². The number of para-hydroxylation sites is 1. The maximum absolute atomic E-state index is 12.6. The summed E-state index contributed by atoms with van der Waals surface area (Å²) in [5, 5.41) is 5.79. The molecule has 164 valence electrons. The van der Waals surface area contributed by atoms with Crippen LogP contribution < -0.4 is 16.4 Å². The van der Waals surface area contributed by atoms with Gasteiger partial charge in [-0.3, -0.25) is 14.4 Å². The molecule has 0 bridgehead atoms. The number of halogens is 1. The molecule has 32 heavy (non-hydrogen) atoms. The maximum atomic E-state index is 12.6. The molecule has 0 fully saturated rings. The highest BCUT2D eigenvalue weighted by atomic mass is 35.5. The summed E-state index contributed by atoms with van der Waals surface area (Å²) >= 11 is 7.21. The van der Waals surface area contributed by atoms with Crippen molar-refractivity contribution in [1.82, 2.24) is 0 Å². The number of nitrogens with one attached hydrogen (secondary N) is 2. The highest BCUT2D eigenvalue weighted by Gasteiger charge is 2.17. The Morgan fingerprint density at radius 2 is 1.69 bits per heavy atom. The van der Waals surface area contributed by atoms with Crippen molar-refractivity contribution in [2.24, 2.45) is 5.73 Å². The molecule has 3 aromatic rings. The molecule has 3 amide bonds. The lowest BCUT2D eigenvalue weighted by molar-refractivity contribution is -0.116. The van der Waals surface area contributed by atoms with Crippen LogP contribution >= 0.6 is 23.4 Å². The van der Waals surface area contributed by atoms with E-state index >= 15 is 0 Å². The van der Waals surface area contributed by atoms with Crippen LogP contribution in [0.5, 0.6) is 0 Å². The van der Waals surface area contributed by atoms with Crippen molar-refractivity contribution in [2.45, 2.75) is 23.5 Å². The predicted molar refractivity (Wildman–Crippen MR) is 129 cm³/mol. The molecule has 0 saturated carbocycles. The van der Waals surface area contributed by atoms with Crippen LogP contribution in [0.15, 0.2) is 77.7 Å². The fourth-order valence-electron chi connectivity index (χ4n) is 2.94. The Morgan fingerprint density at radius 3 is 2.41 bits per heavy atom. The molecule has 0 heterocycles. The zero-order valence-corrected chi connectivity index (χ0v) is 18.9. The average molecular weight is 468 g/mol. The zero-order valence-electron chi connectivity index (χ0n) is 17.3. The molecule has 4 N–H and O–H groups in total. The molecule has 3 aromatic carbocycles. The molecule has 0 aliphatic carbocycles. The summed E-state index contributed by atoms with van der Waals surface area (Å²) in [4.78, 5) is 37.3. The summed E-state index contributed by atoms with van der Waals surface area (Å²) in [6.45, 7) is 1.76. The number of benzene rings is 3. The summed E-state index contributed by atoms with van der Waals surface area (Å²) in [6.07, 6.45) is 0.229. The van der Waals surface area contributed by atoms with Gasteiger partial charge in [0, 0.05) is 15.6 Å².